The summed E-state index contributed by atoms with van der Waals surface area (Å²) in [6, 6.07) is 6.46. The molecule has 1 saturated heterocycles. The molecule has 3 amide bonds. The topological polar surface area (TPSA) is 161 Å². The van der Waals surface area contributed by atoms with Gasteiger partial charge in [0.25, 0.3) is 0 Å². The number of amides is 3. The first-order valence-corrected chi connectivity index (χ1v) is 17.9. The van der Waals surface area contributed by atoms with Crippen LogP contribution in [0.3, 0.4) is 0 Å². The van der Waals surface area contributed by atoms with Crippen molar-refractivity contribution < 1.29 is 23.9 Å². The molecule has 51 heavy (non-hydrogen) atoms. The van der Waals surface area contributed by atoms with E-state index in [2.05, 4.69) is 47.6 Å². The maximum atomic E-state index is 14.5. The third kappa shape index (κ3) is 6.94. The number of carbonyl (C=O) groups is 4. The molecule has 2 fully saturated rings. The fourth-order valence-corrected chi connectivity index (χ4v) is 7.75. The van der Waals surface area contributed by atoms with Crippen LogP contribution in [-0.2, 0) is 38.7 Å². The average molecular weight is 756 g/mol. The van der Waals surface area contributed by atoms with Gasteiger partial charge in [-0.25, -0.2) is 15.0 Å². The molecule has 1 aromatic carbocycles. The van der Waals surface area contributed by atoms with Gasteiger partial charge in [-0.1, -0.05) is 18.2 Å². The standard InChI is InChI=1S/C37H39BrN8O5/c1-21(47)33-27-13-25(26-16-39-22(2)40-17-26)12-23-8-6-4-5-7-9-31(48)41-20-37-14-28(36(50)43-35-24(19-51-3)10-11-30(38)42-35)46(29(37)15-37)32(49)18-45(44-33)34(23)27/h4,6,10-13,16-17,28-29H,5,7-9,14-15,18-20H2,1-3H3,(H,41,48)(H,42,43,50)/b6-4-/t28-,29+,37-/m0/s1. The number of methoxy groups -OCH3 is 1. The van der Waals surface area contributed by atoms with Gasteiger partial charge in [0.05, 0.1) is 12.1 Å². The minimum Gasteiger partial charge on any atom is -0.380 e. The highest BCUT2D eigenvalue weighted by Crippen LogP contribution is 2.59. The number of benzene rings is 1. The molecule has 3 aromatic heterocycles. The Kier molecular flexibility index (Phi) is 9.55. The van der Waals surface area contributed by atoms with E-state index in [1.54, 1.807) is 35.2 Å². The minimum atomic E-state index is -0.812. The van der Waals surface area contributed by atoms with Crippen molar-refractivity contribution in [1.82, 2.24) is 34.9 Å². The third-order valence-corrected chi connectivity index (χ3v) is 10.5. The number of pyridine rings is 1. The van der Waals surface area contributed by atoms with Crippen LogP contribution in [0.15, 0.2) is 53.4 Å². The fourth-order valence-electron chi connectivity index (χ4n) is 7.44. The number of aryl methyl sites for hydroxylation is 1. The van der Waals surface area contributed by atoms with Crippen LogP contribution < -0.4 is 10.6 Å². The first-order chi connectivity index (χ1) is 24.6. The molecule has 7 rings (SSSR count). The Morgan fingerprint density at radius 2 is 1.92 bits per heavy atom. The van der Waals surface area contributed by atoms with E-state index in [9.17, 15) is 19.2 Å². The number of aromatic nitrogens is 5. The van der Waals surface area contributed by atoms with Crippen LogP contribution in [0.5, 0.6) is 0 Å². The van der Waals surface area contributed by atoms with Crippen LogP contribution in [0.2, 0.25) is 0 Å². The van der Waals surface area contributed by atoms with Crippen molar-refractivity contribution >= 4 is 56.2 Å². The van der Waals surface area contributed by atoms with Crippen molar-refractivity contribution in [3.8, 4) is 11.1 Å². The van der Waals surface area contributed by atoms with Gasteiger partial charge in [0.1, 0.15) is 34.5 Å². The number of hydrogen-bond donors (Lipinski definition) is 2. The summed E-state index contributed by atoms with van der Waals surface area (Å²) in [5, 5.41) is 11.4. The Hall–Kier alpha value is -4.82. The number of hydrogen-bond acceptors (Lipinski definition) is 9. The molecule has 1 saturated carbocycles. The van der Waals surface area contributed by atoms with Crippen LogP contribution in [0, 0.1) is 12.3 Å². The molecular formula is C37H39BrN8O5. The third-order valence-electron chi connectivity index (χ3n) is 10.1. The quantitative estimate of drug-likeness (QED) is 0.162. The van der Waals surface area contributed by atoms with Crippen LogP contribution >= 0.6 is 15.9 Å². The van der Waals surface area contributed by atoms with Crippen molar-refractivity contribution in [2.75, 3.05) is 19.0 Å². The molecule has 13 nitrogen and oxygen atoms in total. The van der Waals surface area contributed by atoms with Crippen LogP contribution in [-0.4, -0.2) is 78.9 Å². The first-order valence-electron chi connectivity index (χ1n) is 17.1. The molecule has 14 heteroatoms. The molecule has 3 atom stereocenters. The molecule has 4 aromatic rings. The van der Waals surface area contributed by atoms with Gasteiger partial charge in [0.2, 0.25) is 17.7 Å². The monoisotopic (exact) mass is 754 g/mol. The zero-order chi connectivity index (χ0) is 35.9. The number of carbonyl (C=O) groups excluding carboxylic acids is 4. The van der Waals surface area contributed by atoms with Gasteiger partial charge in [-0.15, -0.1) is 0 Å². The van der Waals surface area contributed by atoms with Crippen LogP contribution in [0.25, 0.3) is 22.0 Å². The largest absolute Gasteiger partial charge is 0.380 e. The lowest BCUT2D eigenvalue weighted by Crippen LogP contribution is -2.47. The van der Waals surface area contributed by atoms with Gasteiger partial charge in [-0.2, -0.15) is 5.10 Å². The summed E-state index contributed by atoms with van der Waals surface area (Å²) in [4.78, 5) is 69.3. The number of Topliss-reactive ketones (excluding diaryl/α,β-unsaturated/α-hetero) is 1. The van der Waals surface area contributed by atoms with E-state index < -0.39 is 11.5 Å². The van der Waals surface area contributed by atoms with Gasteiger partial charge < -0.3 is 20.3 Å². The molecule has 0 unspecified atom stereocenters. The number of halogens is 1. The lowest BCUT2D eigenvalue weighted by atomic mass is 9.98. The Labute approximate surface area is 303 Å². The Morgan fingerprint density at radius 1 is 1.12 bits per heavy atom. The Bertz CT molecular complexity index is 2080. The van der Waals surface area contributed by atoms with Gasteiger partial charge in [-0.3, -0.25) is 23.9 Å². The van der Waals surface area contributed by atoms with E-state index in [0.29, 0.717) is 71.4 Å². The molecule has 5 heterocycles. The number of anilines is 1. The maximum Gasteiger partial charge on any atom is 0.248 e. The molecule has 1 aliphatic carbocycles. The Balaban J connectivity index is 1.29. The van der Waals surface area contributed by atoms with Crippen molar-refractivity contribution in [3.63, 3.8) is 0 Å². The highest BCUT2D eigenvalue weighted by Gasteiger charge is 2.67. The summed E-state index contributed by atoms with van der Waals surface area (Å²) in [5.74, 6) is 0.0464. The highest BCUT2D eigenvalue weighted by atomic mass is 79.9. The fraction of sp³-hybridized carbons (Fsp3) is 0.405. The van der Waals surface area contributed by atoms with Gasteiger partial charge in [0.15, 0.2) is 5.78 Å². The van der Waals surface area contributed by atoms with E-state index in [1.165, 1.54) is 6.92 Å². The number of ether oxygens (including phenoxy) is 1. The second-order valence-electron chi connectivity index (χ2n) is 13.6. The number of piperidine rings is 1. The van der Waals surface area contributed by atoms with Gasteiger partial charge >= 0.3 is 0 Å². The zero-order valence-electron chi connectivity index (χ0n) is 28.7. The molecule has 2 N–H and O–H groups in total. The number of allylic oxidation sites excluding steroid dienone is 2. The molecule has 3 aliphatic rings. The Morgan fingerprint density at radius 3 is 2.69 bits per heavy atom. The first kappa shape index (κ1) is 34.6. The lowest BCUT2D eigenvalue weighted by molar-refractivity contribution is -0.138. The predicted molar refractivity (Wildman–Crippen MR) is 193 cm³/mol. The van der Waals surface area contributed by atoms with E-state index in [1.807, 2.05) is 31.2 Å². The van der Waals surface area contributed by atoms with Crippen molar-refractivity contribution in [1.29, 1.82) is 0 Å². The lowest BCUT2D eigenvalue weighted by Gasteiger charge is -2.27. The summed E-state index contributed by atoms with van der Waals surface area (Å²) in [6.45, 7) is 3.72. The van der Waals surface area contributed by atoms with E-state index in [-0.39, 0.29) is 48.4 Å². The predicted octanol–water partition coefficient (Wildman–Crippen LogP) is 4.71. The number of nitrogens with zero attached hydrogens (tertiary/aromatic N) is 6. The summed E-state index contributed by atoms with van der Waals surface area (Å²) in [5.41, 5.74) is 3.70. The van der Waals surface area contributed by atoms with Crippen molar-refractivity contribution in [2.45, 2.75) is 77.6 Å². The second-order valence-corrected chi connectivity index (χ2v) is 14.4. The number of rotatable bonds is 6. The highest BCUT2D eigenvalue weighted by molar-refractivity contribution is 9.10. The van der Waals surface area contributed by atoms with Crippen molar-refractivity contribution in [2.24, 2.45) is 5.41 Å². The molecule has 264 valence electrons. The zero-order valence-corrected chi connectivity index (χ0v) is 30.3. The molecule has 2 bridgehead atoms. The maximum absolute atomic E-state index is 14.5. The van der Waals surface area contributed by atoms with Crippen molar-refractivity contribution in [3.05, 3.63) is 76.1 Å². The van der Waals surface area contributed by atoms with E-state index in [0.717, 1.165) is 23.1 Å². The normalized spacial score (nSPS) is 22.6. The summed E-state index contributed by atoms with van der Waals surface area (Å²) in [7, 11) is 1.56. The summed E-state index contributed by atoms with van der Waals surface area (Å²) >= 11 is 3.39. The van der Waals surface area contributed by atoms with E-state index in [4.69, 9.17) is 9.84 Å². The SMILES string of the molecule is COCc1ccc(Br)nc1NC(=O)[C@@H]1C[C@]23CNC(=O)CCC/C=C\Cc4cc(-c5cnc(C)nc5)cc5c(C(C)=O)nn(c45)CC(=O)N1[C@@H]2C3. The molecule has 0 radical (unpaired) electrons. The number of ketones is 1. The summed E-state index contributed by atoms with van der Waals surface area (Å²) < 4.78 is 7.47. The second kappa shape index (κ2) is 14.1. The summed E-state index contributed by atoms with van der Waals surface area (Å²) in [6.07, 6.45) is 10.9. The average Bonchev–Trinajstić information content (AvgIpc) is 3.51. The van der Waals surface area contributed by atoms with Crippen LogP contribution in [0.4, 0.5) is 5.82 Å². The number of nitrogens with one attached hydrogen (secondary N) is 2. The van der Waals surface area contributed by atoms with Gasteiger partial charge in [-0.05, 0) is 84.3 Å². The van der Waals surface area contributed by atoms with E-state index >= 15 is 0 Å². The van der Waals surface area contributed by atoms with Crippen LogP contribution in [0.1, 0.15) is 66.5 Å². The minimum absolute atomic E-state index is 0.0484. The smallest absolute Gasteiger partial charge is 0.248 e. The molecule has 0 spiro atoms. The molecular weight excluding hydrogens is 716 g/mol. The molecule has 2 aliphatic heterocycles. The van der Waals surface area contributed by atoms with Gasteiger partial charge in [0, 0.05) is 67.4 Å².